The van der Waals surface area contributed by atoms with Crippen LogP contribution in [0, 0.1) is 0 Å². The van der Waals surface area contributed by atoms with Crippen molar-refractivity contribution in [2.75, 3.05) is 6.79 Å². The fourth-order valence-corrected chi connectivity index (χ4v) is 4.53. The minimum absolute atomic E-state index is 0.185. The fourth-order valence-electron chi connectivity index (χ4n) is 2.87. The molecule has 3 N–H and O–H groups in total. The van der Waals surface area contributed by atoms with Crippen LogP contribution in [0.5, 0.6) is 5.75 Å². The molecule has 0 aliphatic rings. The van der Waals surface area contributed by atoms with E-state index < -0.39 is 38.5 Å². The molecule has 9 nitrogen and oxygen atoms in total. The van der Waals surface area contributed by atoms with E-state index >= 15 is 0 Å². The summed E-state index contributed by atoms with van der Waals surface area (Å²) in [6, 6.07) is 3.67. The number of carbonyl (C=O) groups is 2. The number of nitrogens with one attached hydrogen (secondary N) is 2. The predicted molar refractivity (Wildman–Crippen MR) is 123 cm³/mol. The minimum atomic E-state index is -4.00. The maximum Gasteiger partial charge on any atom is 0.345 e. The highest BCUT2D eigenvalue weighted by atomic mass is 31.2. The molecule has 1 aromatic rings. The van der Waals surface area contributed by atoms with Crippen LogP contribution in [-0.4, -0.2) is 42.0 Å². The van der Waals surface area contributed by atoms with Crippen molar-refractivity contribution in [2.24, 2.45) is 0 Å². The van der Waals surface area contributed by atoms with Crippen LogP contribution in [0.1, 0.15) is 78.4 Å². The van der Waals surface area contributed by atoms with Crippen LogP contribution in [0.25, 0.3) is 0 Å². The summed E-state index contributed by atoms with van der Waals surface area (Å²) < 4.78 is 29.9. The third-order valence-corrected chi connectivity index (χ3v) is 6.48. The van der Waals surface area contributed by atoms with Crippen molar-refractivity contribution >= 4 is 19.6 Å². The number of carboxylic acids is 1. The van der Waals surface area contributed by atoms with Gasteiger partial charge in [0, 0.05) is 0 Å². The van der Waals surface area contributed by atoms with Gasteiger partial charge in [0.25, 0.3) is 0 Å². The number of hydrogen-bond donors (Lipinski definition) is 3. The molecular weight excluding hydrogens is 435 g/mol. The van der Waals surface area contributed by atoms with E-state index in [9.17, 15) is 19.3 Å². The molecule has 0 aliphatic carbocycles. The van der Waals surface area contributed by atoms with Gasteiger partial charge in [0.05, 0.1) is 6.10 Å². The largest absolute Gasteiger partial charge is 0.480 e. The smallest absolute Gasteiger partial charge is 0.345 e. The second kappa shape index (κ2) is 12.3. The average molecular weight is 473 g/mol. The summed E-state index contributed by atoms with van der Waals surface area (Å²) in [6.07, 6.45) is -0.358. The van der Waals surface area contributed by atoms with Crippen molar-refractivity contribution < 1.29 is 33.3 Å². The summed E-state index contributed by atoms with van der Waals surface area (Å²) in [5, 5.41) is 14.2. The zero-order chi connectivity index (χ0) is 24.6. The molecular formula is C22H37N2O7P. The quantitative estimate of drug-likeness (QED) is 0.218. The zero-order valence-corrected chi connectivity index (χ0v) is 21.1. The van der Waals surface area contributed by atoms with Crippen molar-refractivity contribution in [2.45, 2.75) is 85.4 Å². The molecule has 0 heterocycles. The van der Waals surface area contributed by atoms with Gasteiger partial charge >= 0.3 is 19.6 Å². The van der Waals surface area contributed by atoms with Gasteiger partial charge in [-0.25, -0.2) is 10.2 Å². The first-order valence-corrected chi connectivity index (χ1v) is 12.4. The lowest BCUT2D eigenvalue weighted by Gasteiger charge is -2.26. The van der Waals surface area contributed by atoms with E-state index in [1.165, 1.54) is 13.8 Å². The van der Waals surface area contributed by atoms with Gasteiger partial charge in [0.15, 0.2) is 6.79 Å². The van der Waals surface area contributed by atoms with Crippen molar-refractivity contribution in [1.29, 1.82) is 0 Å². The zero-order valence-electron chi connectivity index (χ0n) is 20.2. The molecule has 32 heavy (non-hydrogen) atoms. The van der Waals surface area contributed by atoms with Crippen molar-refractivity contribution in [3.63, 3.8) is 0 Å². The van der Waals surface area contributed by atoms with E-state index in [-0.39, 0.29) is 17.9 Å². The number of rotatable bonds is 13. The Morgan fingerprint density at radius 3 is 1.88 bits per heavy atom. The van der Waals surface area contributed by atoms with Gasteiger partial charge in [-0.3, -0.25) is 18.7 Å². The Kier molecular flexibility index (Phi) is 10.8. The molecule has 0 aromatic heterocycles. The van der Waals surface area contributed by atoms with Crippen LogP contribution in [0.4, 0.5) is 0 Å². The Morgan fingerprint density at radius 2 is 1.44 bits per heavy atom. The molecule has 1 rings (SSSR count). The van der Waals surface area contributed by atoms with Crippen molar-refractivity contribution in [3.8, 4) is 5.75 Å². The molecule has 0 amide bonds. The number of para-hydroxylation sites is 1. The van der Waals surface area contributed by atoms with Gasteiger partial charge in [-0.05, 0) is 50.7 Å². The number of benzene rings is 1. The van der Waals surface area contributed by atoms with E-state index in [0.717, 1.165) is 11.1 Å². The number of ether oxygens (including phenoxy) is 2. The maximum absolute atomic E-state index is 13.4. The number of aliphatic carboxylic acids is 1. The molecule has 0 aliphatic heterocycles. The van der Waals surface area contributed by atoms with E-state index in [4.69, 9.17) is 14.0 Å². The lowest BCUT2D eigenvalue weighted by Crippen LogP contribution is -2.42. The summed E-state index contributed by atoms with van der Waals surface area (Å²) in [5.74, 6) is -0.847. The van der Waals surface area contributed by atoms with Gasteiger partial charge in [-0.2, -0.15) is 0 Å². The highest BCUT2D eigenvalue weighted by Gasteiger charge is 2.33. The predicted octanol–water partition coefficient (Wildman–Crippen LogP) is 4.39. The van der Waals surface area contributed by atoms with Crippen LogP contribution in [0.3, 0.4) is 0 Å². The van der Waals surface area contributed by atoms with E-state index in [2.05, 4.69) is 10.2 Å². The number of carbonyl (C=O) groups excluding carboxylic acids is 1. The summed E-state index contributed by atoms with van der Waals surface area (Å²) in [5.41, 5.74) is 1.95. The Balaban J connectivity index is 3.06. The van der Waals surface area contributed by atoms with Crippen molar-refractivity contribution in [1.82, 2.24) is 10.2 Å². The second-order valence-corrected chi connectivity index (χ2v) is 10.4. The topological polar surface area (TPSA) is 123 Å². The maximum atomic E-state index is 13.4. The first-order valence-electron chi connectivity index (χ1n) is 10.8. The highest BCUT2D eigenvalue weighted by molar-refractivity contribution is 7.54. The van der Waals surface area contributed by atoms with Crippen LogP contribution in [0.15, 0.2) is 18.2 Å². The molecule has 0 bridgehead atoms. The van der Waals surface area contributed by atoms with Gasteiger partial charge in [0.2, 0.25) is 0 Å². The Hall–Kier alpha value is -1.93. The highest BCUT2D eigenvalue weighted by Crippen LogP contribution is 2.40. The Labute approximate surface area is 190 Å². The summed E-state index contributed by atoms with van der Waals surface area (Å²) in [6.45, 7) is 13.9. The summed E-state index contributed by atoms with van der Waals surface area (Å²) >= 11 is 0. The van der Waals surface area contributed by atoms with Crippen molar-refractivity contribution in [3.05, 3.63) is 29.3 Å². The number of esters is 1. The normalized spacial score (nSPS) is 15.5. The lowest BCUT2D eigenvalue weighted by molar-refractivity contribution is -0.149. The van der Waals surface area contributed by atoms with Crippen LogP contribution in [-0.2, 0) is 23.4 Å². The number of carboxylic acid groups (broad SMARTS) is 1. The molecule has 1 aromatic carbocycles. The van der Waals surface area contributed by atoms with E-state index in [1.54, 1.807) is 13.8 Å². The van der Waals surface area contributed by atoms with Gasteiger partial charge in [0.1, 0.15) is 17.8 Å². The first-order chi connectivity index (χ1) is 14.8. The molecule has 10 heteroatoms. The van der Waals surface area contributed by atoms with Crippen LogP contribution >= 0.6 is 7.67 Å². The Bertz CT molecular complexity index is 800. The van der Waals surface area contributed by atoms with E-state index in [1.807, 2.05) is 45.9 Å². The molecule has 0 saturated carbocycles. The standard InChI is InChI=1S/C22H37N2O7P/c1-13(2)18-10-9-11-19(14(3)4)20(18)29-12-30-32(28,23-16(7)21(25)26)24-17(8)22(27)31-15(5)6/h9-11,13-17H,12H2,1-8H3,(H,25,26)(H2,23,24,28). The first kappa shape index (κ1) is 28.1. The van der Waals surface area contributed by atoms with Crippen LogP contribution in [0.2, 0.25) is 0 Å². The molecule has 0 fully saturated rings. The fraction of sp³-hybridized carbons (Fsp3) is 0.636. The molecule has 3 atom stereocenters. The third kappa shape index (κ3) is 8.54. The second-order valence-electron chi connectivity index (χ2n) is 8.54. The van der Waals surface area contributed by atoms with Gasteiger partial charge < -0.3 is 14.6 Å². The molecule has 182 valence electrons. The Morgan fingerprint density at radius 1 is 0.938 bits per heavy atom. The molecule has 0 radical (unpaired) electrons. The summed E-state index contributed by atoms with van der Waals surface area (Å²) in [4.78, 5) is 23.4. The lowest BCUT2D eigenvalue weighted by atomic mass is 9.94. The minimum Gasteiger partial charge on any atom is -0.480 e. The third-order valence-electron chi connectivity index (χ3n) is 4.56. The molecule has 0 saturated heterocycles. The number of hydrogen-bond acceptors (Lipinski definition) is 6. The summed E-state index contributed by atoms with van der Waals surface area (Å²) in [7, 11) is -4.00. The van der Waals surface area contributed by atoms with E-state index in [0.29, 0.717) is 5.75 Å². The van der Waals surface area contributed by atoms with Gasteiger partial charge in [-0.1, -0.05) is 45.9 Å². The molecule has 3 unspecified atom stereocenters. The average Bonchev–Trinajstić information content (AvgIpc) is 2.66. The van der Waals surface area contributed by atoms with Gasteiger partial charge in [-0.15, -0.1) is 0 Å². The SMILES string of the molecule is CC(C)OC(=O)C(C)NP(=O)(NC(C)C(=O)O)OCOc1c(C(C)C)cccc1C(C)C. The van der Waals surface area contributed by atoms with Crippen LogP contribution < -0.4 is 14.9 Å². The molecule has 0 spiro atoms. The monoisotopic (exact) mass is 472 g/mol.